The van der Waals surface area contributed by atoms with Gasteiger partial charge in [0, 0.05) is 6.42 Å². The van der Waals surface area contributed by atoms with Crippen LogP contribution in [0.3, 0.4) is 0 Å². The van der Waals surface area contributed by atoms with Crippen LogP contribution in [0.5, 0.6) is 0 Å². The first-order valence-corrected chi connectivity index (χ1v) is 14.9. The van der Waals surface area contributed by atoms with Crippen molar-refractivity contribution in [1.82, 2.24) is 0 Å². The number of hydrogen-bond acceptors (Lipinski definition) is 5. The second-order valence-electron chi connectivity index (χ2n) is 9.43. The minimum atomic E-state index is -3.62. The van der Waals surface area contributed by atoms with Gasteiger partial charge in [-0.25, -0.2) is 0 Å². The molecule has 5 nitrogen and oxygen atoms in total. The van der Waals surface area contributed by atoms with E-state index in [9.17, 15) is 13.2 Å². The van der Waals surface area contributed by atoms with Crippen molar-refractivity contribution in [2.45, 2.75) is 127 Å². The first-order chi connectivity index (χ1) is 16.5. The number of ether oxygens (including phenoxy) is 1. The summed E-state index contributed by atoms with van der Waals surface area (Å²) in [7, 11) is -2.16. The SMILES string of the molecule is COC(=O)CCCCCCCCCCCCCCCCCCCOS(=O)(=O)c1ccc(C)cc1. The van der Waals surface area contributed by atoms with Gasteiger partial charge in [-0.2, -0.15) is 8.42 Å². The van der Waals surface area contributed by atoms with Gasteiger partial charge in [-0.3, -0.25) is 8.98 Å². The van der Waals surface area contributed by atoms with Crippen molar-refractivity contribution in [3.8, 4) is 0 Å². The molecular formula is C28H48O5S. The third-order valence-electron chi connectivity index (χ3n) is 6.30. The van der Waals surface area contributed by atoms with E-state index < -0.39 is 10.1 Å². The first-order valence-electron chi connectivity index (χ1n) is 13.5. The first kappa shape index (κ1) is 30.6. The number of methoxy groups -OCH3 is 1. The van der Waals surface area contributed by atoms with Crippen molar-refractivity contribution in [1.29, 1.82) is 0 Å². The summed E-state index contributed by atoms with van der Waals surface area (Å²) in [6.45, 7) is 2.20. The van der Waals surface area contributed by atoms with Gasteiger partial charge in [-0.05, 0) is 31.9 Å². The highest BCUT2D eigenvalue weighted by atomic mass is 32.2. The second-order valence-corrected chi connectivity index (χ2v) is 11.0. The van der Waals surface area contributed by atoms with Gasteiger partial charge in [0.05, 0.1) is 18.6 Å². The topological polar surface area (TPSA) is 69.7 Å². The predicted molar refractivity (Wildman–Crippen MR) is 139 cm³/mol. The molecule has 6 heteroatoms. The molecule has 0 atom stereocenters. The van der Waals surface area contributed by atoms with Gasteiger partial charge in [-0.15, -0.1) is 0 Å². The number of carbonyl (C=O) groups excluding carboxylic acids is 1. The van der Waals surface area contributed by atoms with E-state index in [-0.39, 0.29) is 17.5 Å². The zero-order valence-electron chi connectivity index (χ0n) is 21.7. The van der Waals surface area contributed by atoms with Crippen LogP contribution in [0, 0.1) is 6.92 Å². The number of carbonyl (C=O) groups is 1. The molecule has 0 amide bonds. The quantitative estimate of drug-likeness (QED) is 0.0927. The van der Waals surface area contributed by atoms with E-state index in [4.69, 9.17) is 4.18 Å². The molecule has 0 unspecified atom stereocenters. The molecule has 0 saturated carbocycles. The number of unbranched alkanes of at least 4 members (excludes halogenated alkanes) is 16. The third-order valence-corrected chi connectivity index (χ3v) is 7.63. The normalized spacial score (nSPS) is 11.6. The minimum Gasteiger partial charge on any atom is -0.469 e. The second kappa shape index (κ2) is 19.9. The lowest BCUT2D eigenvalue weighted by atomic mass is 10.0. The van der Waals surface area contributed by atoms with E-state index in [1.165, 1.54) is 84.2 Å². The molecule has 0 radical (unpaired) electrons. The maximum Gasteiger partial charge on any atom is 0.305 e. The Morgan fingerprint density at radius 1 is 0.647 bits per heavy atom. The van der Waals surface area contributed by atoms with Crippen LogP contribution in [-0.4, -0.2) is 28.1 Å². The molecule has 196 valence electrons. The molecular weight excluding hydrogens is 448 g/mol. The molecule has 0 aliphatic rings. The fraction of sp³-hybridized carbons (Fsp3) is 0.750. The standard InChI is InChI=1S/C28H48O5S/c1-26-21-23-27(24-22-26)34(30,31)33-25-19-17-15-13-11-9-7-5-3-4-6-8-10-12-14-16-18-20-28(29)32-2/h21-24H,3-20,25H2,1-2H3. The van der Waals surface area contributed by atoms with E-state index in [1.54, 1.807) is 24.3 Å². The zero-order chi connectivity index (χ0) is 24.9. The maximum absolute atomic E-state index is 12.1. The van der Waals surface area contributed by atoms with Crippen LogP contribution in [0.4, 0.5) is 0 Å². The Morgan fingerprint density at radius 3 is 1.44 bits per heavy atom. The molecule has 1 aromatic carbocycles. The monoisotopic (exact) mass is 496 g/mol. The molecule has 0 aromatic heterocycles. The number of esters is 1. The van der Waals surface area contributed by atoms with E-state index in [2.05, 4.69) is 4.74 Å². The summed E-state index contributed by atoms with van der Waals surface area (Å²) in [5.74, 6) is -0.0881. The Bertz CT molecular complexity index is 728. The minimum absolute atomic E-state index is 0.0881. The lowest BCUT2D eigenvalue weighted by molar-refractivity contribution is -0.140. The number of rotatable bonds is 22. The molecule has 0 heterocycles. The van der Waals surface area contributed by atoms with Crippen LogP contribution < -0.4 is 0 Å². The molecule has 0 N–H and O–H groups in total. The summed E-state index contributed by atoms with van der Waals surface area (Å²) >= 11 is 0. The molecule has 0 fully saturated rings. The van der Waals surface area contributed by atoms with Crippen molar-refractivity contribution in [2.75, 3.05) is 13.7 Å². The number of hydrogen-bond donors (Lipinski definition) is 0. The summed E-state index contributed by atoms with van der Waals surface area (Å²) in [6, 6.07) is 6.78. The Morgan fingerprint density at radius 2 is 1.03 bits per heavy atom. The highest BCUT2D eigenvalue weighted by Crippen LogP contribution is 2.16. The summed E-state index contributed by atoms with van der Waals surface area (Å²) in [5.41, 5.74) is 1.03. The predicted octanol–water partition coefficient (Wildman–Crippen LogP) is 7.90. The van der Waals surface area contributed by atoms with Gasteiger partial charge < -0.3 is 4.74 Å². The summed E-state index contributed by atoms with van der Waals surface area (Å²) in [5, 5.41) is 0. The molecule has 0 aliphatic carbocycles. The van der Waals surface area contributed by atoms with Gasteiger partial charge >= 0.3 is 5.97 Å². The van der Waals surface area contributed by atoms with Gasteiger partial charge in [0.25, 0.3) is 10.1 Å². The zero-order valence-corrected chi connectivity index (χ0v) is 22.5. The molecule has 1 aromatic rings. The Labute approximate surface area is 209 Å². The highest BCUT2D eigenvalue weighted by Gasteiger charge is 2.14. The van der Waals surface area contributed by atoms with Crippen molar-refractivity contribution < 1.29 is 22.1 Å². The summed E-state index contributed by atoms with van der Waals surface area (Å²) in [6.07, 6.45) is 21.4. The smallest absolute Gasteiger partial charge is 0.305 e. The lowest BCUT2D eigenvalue weighted by Gasteiger charge is -2.06. The van der Waals surface area contributed by atoms with Crippen molar-refractivity contribution in [3.05, 3.63) is 29.8 Å². The van der Waals surface area contributed by atoms with Gasteiger partial charge in [-0.1, -0.05) is 114 Å². The highest BCUT2D eigenvalue weighted by molar-refractivity contribution is 7.86. The fourth-order valence-electron chi connectivity index (χ4n) is 4.07. The Hall–Kier alpha value is -1.40. The average molecular weight is 497 g/mol. The van der Waals surface area contributed by atoms with Crippen LogP contribution in [0.25, 0.3) is 0 Å². The molecule has 0 bridgehead atoms. The largest absolute Gasteiger partial charge is 0.469 e. The van der Waals surface area contributed by atoms with E-state index in [0.717, 1.165) is 37.7 Å². The molecule has 34 heavy (non-hydrogen) atoms. The van der Waals surface area contributed by atoms with Crippen LogP contribution >= 0.6 is 0 Å². The maximum atomic E-state index is 12.1. The van der Waals surface area contributed by atoms with Crippen LogP contribution in [0.1, 0.15) is 121 Å². The van der Waals surface area contributed by atoms with E-state index in [1.807, 2.05) is 6.92 Å². The van der Waals surface area contributed by atoms with Crippen LogP contribution in [0.2, 0.25) is 0 Å². The fourth-order valence-corrected chi connectivity index (χ4v) is 5.01. The van der Waals surface area contributed by atoms with Crippen molar-refractivity contribution >= 4 is 16.1 Å². The molecule has 1 rings (SSSR count). The number of benzene rings is 1. The number of aryl methyl sites for hydroxylation is 1. The molecule has 0 saturated heterocycles. The third kappa shape index (κ3) is 16.3. The van der Waals surface area contributed by atoms with Gasteiger partial charge in [0.2, 0.25) is 0 Å². The lowest BCUT2D eigenvalue weighted by Crippen LogP contribution is -2.07. The van der Waals surface area contributed by atoms with Gasteiger partial charge in [0.15, 0.2) is 0 Å². The Kier molecular flexibility index (Phi) is 17.9. The molecule has 0 spiro atoms. The van der Waals surface area contributed by atoms with Crippen LogP contribution in [0.15, 0.2) is 29.2 Å². The molecule has 0 aliphatic heterocycles. The Balaban J connectivity index is 1.79. The van der Waals surface area contributed by atoms with Gasteiger partial charge in [0.1, 0.15) is 0 Å². The average Bonchev–Trinajstić information content (AvgIpc) is 2.82. The summed E-state index contributed by atoms with van der Waals surface area (Å²) in [4.78, 5) is 11.3. The van der Waals surface area contributed by atoms with E-state index in [0.29, 0.717) is 6.42 Å². The van der Waals surface area contributed by atoms with Crippen molar-refractivity contribution in [2.24, 2.45) is 0 Å². The summed E-state index contributed by atoms with van der Waals surface area (Å²) < 4.78 is 34.0. The van der Waals surface area contributed by atoms with Crippen LogP contribution in [-0.2, 0) is 23.8 Å². The van der Waals surface area contributed by atoms with Crippen molar-refractivity contribution in [3.63, 3.8) is 0 Å². The van der Waals surface area contributed by atoms with E-state index >= 15 is 0 Å².